The van der Waals surface area contributed by atoms with Crippen molar-refractivity contribution in [1.82, 2.24) is 9.55 Å². The summed E-state index contributed by atoms with van der Waals surface area (Å²) < 4.78 is 7.03. The molecule has 0 aliphatic rings. The summed E-state index contributed by atoms with van der Waals surface area (Å²) in [6.45, 7) is 2.68. The van der Waals surface area contributed by atoms with Crippen molar-refractivity contribution in [3.63, 3.8) is 0 Å². The maximum atomic E-state index is 12.1. The highest BCUT2D eigenvalue weighted by Gasteiger charge is 2.09. The number of hydrogen-bond acceptors (Lipinski definition) is 3. The Morgan fingerprint density at radius 1 is 1.26 bits per heavy atom. The van der Waals surface area contributed by atoms with Gasteiger partial charge in [-0.1, -0.05) is 19.1 Å². The predicted molar refractivity (Wildman–Crippen MR) is 89.0 cm³/mol. The van der Waals surface area contributed by atoms with Crippen LogP contribution in [-0.2, 0) is 17.8 Å². The quantitative estimate of drug-likeness (QED) is 0.754. The highest BCUT2D eigenvalue weighted by molar-refractivity contribution is 5.90. The second-order valence-corrected chi connectivity index (χ2v) is 5.30. The molecule has 0 saturated carbocycles. The zero-order valence-corrected chi connectivity index (χ0v) is 13.0. The van der Waals surface area contributed by atoms with Gasteiger partial charge in [0.1, 0.15) is 12.1 Å². The van der Waals surface area contributed by atoms with Gasteiger partial charge >= 0.3 is 0 Å². The van der Waals surface area contributed by atoms with E-state index in [0.29, 0.717) is 13.0 Å². The molecule has 0 atom stereocenters. The molecular formula is C18H19N3O2. The number of carbonyl (C=O) groups excluding carboxylic acids is 1. The number of benzene rings is 1. The second kappa shape index (κ2) is 6.96. The molecule has 0 spiro atoms. The van der Waals surface area contributed by atoms with Gasteiger partial charge in [-0.2, -0.15) is 0 Å². The maximum Gasteiger partial charge on any atom is 0.226 e. The first-order valence-electron chi connectivity index (χ1n) is 7.68. The van der Waals surface area contributed by atoms with Crippen LogP contribution in [0.15, 0.2) is 59.7 Å². The molecule has 2 heterocycles. The topological polar surface area (TPSA) is 60.1 Å². The van der Waals surface area contributed by atoms with Crippen molar-refractivity contribution in [1.29, 1.82) is 0 Å². The van der Waals surface area contributed by atoms with Gasteiger partial charge in [0.25, 0.3) is 0 Å². The standard InChI is InChI=1S/C18H19N3O2/c1-2-14-3-5-16(6-4-14)20-17(22)7-10-21-11-9-19-18(21)15-8-12-23-13-15/h3-6,8-9,11-13H,2,7,10H2,1H3,(H,20,22). The number of amides is 1. The van der Waals surface area contributed by atoms with E-state index in [4.69, 9.17) is 4.42 Å². The Bertz CT molecular complexity index is 758. The fourth-order valence-electron chi connectivity index (χ4n) is 2.41. The Balaban J connectivity index is 1.58. The summed E-state index contributed by atoms with van der Waals surface area (Å²) >= 11 is 0. The van der Waals surface area contributed by atoms with Gasteiger partial charge in [-0.3, -0.25) is 4.79 Å². The van der Waals surface area contributed by atoms with Gasteiger partial charge < -0.3 is 14.3 Å². The van der Waals surface area contributed by atoms with E-state index in [1.807, 2.05) is 41.1 Å². The smallest absolute Gasteiger partial charge is 0.226 e. The van der Waals surface area contributed by atoms with Crippen LogP contribution in [0.3, 0.4) is 0 Å². The number of hydrogen-bond donors (Lipinski definition) is 1. The summed E-state index contributed by atoms with van der Waals surface area (Å²) in [6, 6.07) is 9.79. The van der Waals surface area contributed by atoms with Crippen LogP contribution in [0.25, 0.3) is 11.4 Å². The average Bonchev–Trinajstić information content (AvgIpc) is 3.24. The summed E-state index contributed by atoms with van der Waals surface area (Å²) in [5.74, 6) is 0.792. The van der Waals surface area contributed by atoms with Crippen LogP contribution in [0, 0.1) is 0 Å². The number of carbonyl (C=O) groups is 1. The lowest BCUT2D eigenvalue weighted by Gasteiger charge is -2.08. The molecule has 0 fully saturated rings. The van der Waals surface area contributed by atoms with Crippen molar-refractivity contribution < 1.29 is 9.21 Å². The molecule has 0 radical (unpaired) electrons. The minimum absolute atomic E-state index is 0.0129. The van der Waals surface area contributed by atoms with Crippen molar-refractivity contribution >= 4 is 11.6 Å². The molecule has 5 heteroatoms. The lowest BCUT2D eigenvalue weighted by atomic mass is 10.1. The summed E-state index contributed by atoms with van der Waals surface area (Å²) in [5.41, 5.74) is 2.99. The number of anilines is 1. The van der Waals surface area contributed by atoms with Gasteiger partial charge in [-0.15, -0.1) is 0 Å². The molecular weight excluding hydrogens is 290 g/mol. The van der Waals surface area contributed by atoms with Crippen LogP contribution in [0.4, 0.5) is 5.69 Å². The van der Waals surface area contributed by atoms with E-state index in [9.17, 15) is 4.79 Å². The van der Waals surface area contributed by atoms with Crippen LogP contribution in [0.1, 0.15) is 18.9 Å². The molecule has 5 nitrogen and oxygen atoms in total. The van der Waals surface area contributed by atoms with Crippen LogP contribution in [0.2, 0.25) is 0 Å². The number of rotatable bonds is 6. The van der Waals surface area contributed by atoms with Gasteiger partial charge in [0.15, 0.2) is 0 Å². The van der Waals surface area contributed by atoms with Crippen LogP contribution >= 0.6 is 0 Å². The fraction of sp³-hybridized carbons (Fsp3) is 0.222. The number of nitrogens with one attached hydrogen (secondary N) is 1. The molecule has 0 aliphatic heterocycles. The van der Waals surface area contributed by atoms with Crippen LogP contribution in [0.5, 0.6) is 0 Å². The van der Waals surface area contributed by atoms with E-state index in [1.165, 1.54) is 5.56 Å². The normalized spacial score (nSPS) is 10.7. The van der Waals surface area contributed by atoms with E-state index in [-0.39, 0.29) is 5.91 Å². The molecule has 1 amide bonds. The highest BCUT2D eigenvalue weighted by atomic mass is 16.3. The highest BCUT2D eigenvalue weighted by Crippen LogP contribution is 2.18. The molecule has 118 valence electrons. The third kappa shape index (κ3) is 3.69. The molecule has 3 aromatic rings. The number of furan rings is 1. The first kappa shape index (κ1) is 15.1. The summed E-state index contributed by atoms with van der Waals surface area (Å²) in [4.78, 5) is 16.4. The molecule has 0 unspecified atom stereocenters. The molecule has 0 bridgehead atoms. The van der Waals surface area contributed by atoms with Crippen molar-refractivity contribution in [2.75, 3.05) is 5.32 Å². The average molecular weight is 309 g/mol. The molecule has 0 saturated heterocycles. The maximum absolute atomic E-state index is 12.1. The molecule has 0 aliphatic carbocycles. The molecule has 23 heavy (non-hydrogen) atoms. The van der Waals surface area contributed by atoms with Gasteiger partial charge in [0.2, 0.25) is 5.91 Å². The molecule has 1 N–H and O–H groups in total. The van der Waals surface area contributed by atoms with E-state index in [1.54, 1.807) is 18.7 Å². The Morgan fingerprint density at radius 3 is 2.78 bits per heavy atom. The van der Waals surface area contributed by atoms with Gasteiger partial charge in [-0.25, -0.2) is 4.98 Å². The lowest BCUT2D eigenvalue weighted by Crippen LogP contribution is -2.14. The van der Waals surface area contributed by atoms with Crippen LogP contribution < -0.4 is 5.32 Å². The predicted octanol–water partition coefficient (Wildman–Crippen LogP) is 3.73. The zero-order chi connectivity index (χ0) is 16.1. The van der Waals surface area contributed by atoms with E-state index >= 15 is 0 Å². The summed E-state index contributed by atoms with van der Waals surface area (Å²) in [7, 11) is 0. The van der Waals surface area contributed by atoms with Crippen molar-refractivity contribution in [2.24, 2.45) is 0 Å². The minimum atomic E-state index is -0.0129. The van der Waals surface area contributed by atoms with Crippen LogP contribution in [-0.4, -0.2) is 15.5 Å². The largest absolute Gasteiger partial charge is 0.472 e. The minimum Gasteiger partial charge on any atom is -0.472 e. The van der Waals surface area contributed by atoms with Gasteiger partial charge in [0, 0.05) is 31.0 Å². The number of aromatic nitrogens is 2. The Kier molecular flexibility index (Phi) is 4.57. The Morgan fingerprint density at radius 2 is 2.09 bits per heavy atom. The number of nitrogens with zero attached hydrogens (tertiary/aromatic N) is 2. The molecule has 1 aromatic carbocycles. The Labute approximate surface area is 135 Å². The SMILES string of the molecule is CCc1ccc(NC(=O)CCn2ccnc2-c2ccoc2)cc1. The van der Waals surface area contributed by atoms with E-state index < -0.39 is 0 Å². The summed E-state index contributed by atoms with van der Waals surface area (Å²) in [6.07, 6.45) is 8.23. The first-order chi connectivity index (χ1) is 11.3. The van der Waals surface area contributed by atoms with E-state index in [2.05, 4.69) is 17.2 Å². The third-order valence-electron chi connectivity index (χ3n) is 3.72. The zero-order valence-electron chi connectivity index (χ0n) is 13.0. The number of aryl methyl sites for hydroxylation is 2. The number of imidazole rings is 1. The second-order valence-electron chi connectivity index (χ2n) is 5.30. The molecule has 3 rings (SSSR count). The van der Waals surface area contributed by atoms with Crippen molar-refractivity contribution in [3.8, 4) is 11.4 Å². The summed E-state index contributed by atoms with van der Waals surface area (Å²) in [5, 5.41) is 2.92. The van der Waals surface area contributed by atoms with Gasteiger partial charge in [-0.05, 0) is 30.2 Å². The Hall–Kier alpha value is -2.82. The van der Waals surface area contributed by atoms with Gasteiger partial charge in [0.05, 0.1) is 11.8 Å². The fourth-order valence-corrected chi connectivity index (χ4v) is 2.41. The monoisotopic (exact) mass is 309 g/mol. The molecule has 2 aromatic heterocycles. The first-order valence-corrected chi connectivity index (χ1v) is 7.68. The van der Waals surface area contributed by atoms with Crippen molar-refractivity contribution in [3.05, 3.63) is 60.8 Å². The third-order valence-corrected chi connectivity index (χ3v) is 3.72. The van der Waals surface area contributed by atoms with E-state index in [0.717, 1.165) is 23.5 Å². The van der Waals surface area contributed by atoms with Crippen molar-refractivity contribution in [2.45, 2.75) is 26.3 Å². The lowest BCUT2D eigenvalue weighted by molar-refractivity contribution is -0.116.